The average Bonchev–Trinajstić information content (AvgIpc) is 3.31. The second kappa shape index (κ2) is 10.8. The van der Waals surface area contributed by atoms with Crippen LogP contribution in [0.1, 0.15) is 5.56 Å². The minimum absolute atomic E-state index is 0.367. The summed E-state index contributed by atoms with van der Waals surface area (Å²) < 4.78 is 13.2. The Morgan fingerprint density at radius 3 is 2.68 bits per heavy atom. The maximum Gasteiger partial charge on any atom is 0.172 e. The fraction of sp³-hybridized carbons (Fsp3) is 0.148. The van der Waals surface area contributed by atoms with E-state index in [1.54, 1.807) is 19.4 Å². The van der Waals surface area contributed by atoms with Gasteiger partial charge in [0, 0.05) is 46.9 Å². The summed E-state index contributed by atoms with van der Waals surface area (Å²) in [6.07, 6.45) is 3.63. The van der Waals surface area contributed by atoms with E-state index in [0.717, 1.165) is 26.5 Å². The predicted molar refractivity (Wildman–Crippen MR) is 149 cm³/mol. The fourth-order valence-electron chi connectivity index (χ4n) is 3.90. The number of aromatic nitrogens is 3. The third kappa shape index (κ3) is 5.12. The number of nitrogens with one attached hydrogen (secondary N) is 1. The standard InChI is InChI=1S/C27H21Cl2N5O2S/c1-34-9-8-31-27(34)37-24-6-5-19(13-20(24)29)32-26-17(15-30)4-3-16-11-18-12-23(36-10-7-28)22(35-2)14-21(18)33-25(16)26/h3-6,8-9,11-14,32H,7,10H2,1-2H3. The number of aryl methyl sites for hydroxylation is 1. The van der Waals surface area contributed by atoms with E-state index in [1.165, 1.54) is 11.8 Å². The lowest BCUT2D eigenvalue weighted by molar-refractivity contribution is 0.313. The lowest BCUT2D eigenvalue weighted by Crippen LogP contribution is -2.01. The third-order valence-electron chi connectivity index (χ3n) is 5.70. The van der Waals surface area contributed by atoms with Crippen LogP contribution in [0, 0.1) is 11.3 Å². The first-order chi connectivity index (χ1) is 18.0. The number of nitriles is 1. The molecule has 0 amide bonds. The zero-order chi connectivity index (χ0) is 25.9. The molecule has 1 N–H and O–H groups in total. The number of anilines is 2. The molecule has 5 aromatic rings. The van der Waals surface area contributed by atoms with Gasteiger partial charge in [0.15, 0.2) is 16.7 Å². The molecule has 0 radical (unpaired) electrons. The van der Waals surface area contributed by atoms with Crippen molar-refractivity contribution in [1.29, 1.82) is 5.26 Å². The maximum atomic E-state index is 9.83. The topological polar surface area (TPSA) is 85.0 Å². The van der Waals surface area contributed by atoms with Crippen LogP contribution in [0.15, 0.2) is 71.0 Å². The first-order valence-corrected chi connectivity index (χ1v) is 13.0. The van der Waals surface area contributed by atoms with E-state index in [2.05, 4.69) is 16.4 Å². The van der Waals surface area contributed by atoms with Crippen LogP contribution < -0.4 is 14.8 Å². The molecule has 0 saturated heterocycles. The number of methoxy groups -OCH3 is 1. The number of benzene rings is 3. The second-order valence-corrected chi connectivity index (χ2v) is 9.88. The van der Waals surface area contributed by atoms with Crippen LogP contribution in [0.25, 0.3) is 21.8 Å². The highest BCUT2D eigenvalue weighted by molar-refractivity contribution is 7.99. The number of halogens is 2. The molecule has 0 spiro atoms. The van der Waals surface area contributed by atoms with Gasteiger partial charge >= 0.3 is 0 Å². The summed E-state index contributed by atoms with van der Waals surface area (Å²) in [7, 11) is 3.51. The number of pyridine rings is 1. The Balaban J connectivity index is 1.55. The lowest BCUT2D eigenvalue weighted by Gasteiger charge is -2.15. The van der Waals surface area contributed by atoms with Crippen LogP contribution in [0.5, 0.6) is 11.5 Å². The average molecular weight is 550 g/mol. The van der Waals surface area contributed by atoms with Gasteiger partial charge in [-0.05, 0) is 36.4 Å². The summed E-state index contributed by atoms with van der Waals surface area (Å²) in [5.74, 6) is 1.53. The van der Waals surface area contributed by atoms with E-state index in [0.29, 0.717) is 51.3 Å². The molecule has 2 aromatic heterocycles. The van der Waals surface area contributed by atoms with Crippen LogP contribution in [-0.2, 0) is 7.05 Å². The Morgan fingerprint density at radius 1 is 1.11 bits per heavy atom. The van der Waals surface area contributed by atoms with Gasteiger partial charge in [-0.25, -0.2) is 9.97 Å². The molecule has 10 heteroatoms. The Labute approximate surface area is 227 Å². The number of hydrogen-bond acceptors (Lipinski definition) is 7. The van der Waals surface area contributed by atoms with Crippen molar-refractivity contribution < 1.29 is 9.47 Å². The normalized spacial score (nSPS) is 11.0. The van der Waals surface area contributed by atoms with Crippen LogP contribution in [0.3, 0.4) is 0 Å². The molecule has 186 valence electrons. The molecule has 0 bridgehead atoms. The van der Waals surface area contributed by atoms with Crippen molar-refractivity contribution in [1.82, 2.24) is 14.5 Å². The fourth-order valence-corrected chi connectivity index (χ4v) is 5.09. The van der Waals surface area contributed by atoms with Gasteiger partial charge in [0.1, 0.15) is 12.7 Å². The highest BCUT2D eigenvalue weighted by Gasteiger charge is 2.15. The van der Waals surface area contributed by atoms with Gasteiger partial charge < -0.3 is 19.4 Å². The van der Waals surface area contributed by atoms with Crippen molar-refractivity contribution >= 4 is 68.1 Å². The molecule has 7 nitrogen and oxygen atoms in total. The zero-order valence-electron chi connectivity index (χ0n) is 20.0. The molecule has 0 aliphatic carbocycles. The number of rotatable bonds is 8. The highest BCUT2D eigenvalue weighted by atomic mass is 35.5. The Kier molecular flexibility index (Phi) is 7.28. The monoisotopic (exact) mass is 549 g/mol. The van der Waals surface area contributed by atoms with Crippen LogP contribution in [0.2, 0.25) is 5.02 Å². The largest absolute Gasteiger partial charge is 0.493 e. The molecule has 37 heavy (non-hydrogen) atoms. The van der Waals surface area contributed by atoms with Gasteiger partial charge in [-0.15, -0.1) is 11.6 Å². The van der Waals surface area contributed by atoms with Crippen molar-refractivity contribution in [3.63, 3.8) is 0 Å². The molecule has 0 aliphatic rings. The zero-order valence-corrected chi connectivity index (χ0v) is 22.3. The smallest absolute Gasteiger partial charge is 0.172 e. The molecular formula is C27H21Cl2N5O2S. The van der Waals surface area contributed by atoms with Crippen molar-refractivity contribution in [2.24, 2.45) is 7.05 Å². The van der Waals surface area contributed by atoms with E-state index < -0.39 is 0 Å². The van der Waals surface area contributed by atoms with Crippen LogP contribution in [-0.4, -0.2) is 34.1 Å². The van der Waals surface area contributed by atoms with Crippen LogP contribution >= 0.6 is 35.0 Å². The quantitative estimate of drug-likeness (QED) is 0.162. The van der Waals surface area contributed by atoms with Crippen molar-refractivity contribution in [2.45, 2.75) is 10.1 Å². The number of alkyl halides is 1. The predicted octanol–water partition coefficient (Wildman–Crippen LogP) is 7.17. The van der Waals surface area contributed by atoms with Crippen molar-refractivity contribution in [3.05, 3.63) is 71.5 Å². The Bertz CT molecular complexity index is 1670. The maximum absolute atomic E-state index is 9.83. The van der Waals surface area contributed by atoms with Crippen LogP contribution in [0.4, 0.5) is 11.4 Å². The molecule has 0 unspecified atom stereocenters. The molecule has 0 aliphatic heterocycles. The Hall–Kier alpha value is -3.64. The first kappa shape index (κ1) is 25.0. The number of fused-ring (bicyclic) bond motifs is 2. The van der Waals surface area contributed by atoms with Gasteiger partial charge in [-0.1, -0.05) is 29.4 Å². The summed E-state index contributed by atoms with van der Waals surface area (Å²) in [4.78, 5) is 10.1. The number of ether oxygens (including phenoxy) is 2. The number of nitrogens with zero attached hydrogens (tertiary/aromatic N) is 4. The first-order valence-electron chi connectivity index (χ1n) is 11.3. The molecule has 2 heterocycles. The molecule has 0 saturated carbocycles. The summed E-state index contributed by atoms with van der Waals surface area (Å²) in [6, 6.07) is 17.3. The summed E-state index contributed by atoms with van der Waals surface area (Å²) >= 11 is 13.9. The number of hydrogen-bond donors (Lipinski definition) is 1. The third-order valence-corrected chi connectivity index (χ3v) is 7.43. The van der Waals surface area contributed by atoms with E-state index in [1.807, 2.05) is 60.3 Å². The second-order valence-electron chi connectivity index (χ2n) is 8.09. The molecule has 0 fully saturated rings. The molecule has 0 atom stereocenters. The minimum atomic E-state index is 0.367. The molecular weight excluding hydrogens is 529 g/mol. The highest BCUT2D eigenvalue weighted by Crippen LogP contribution is 2.38. The van der Waals surface area contributed by atoms with E-state index in [9.17, 15) is 5.26 Å². The van der Waals surface area contributed by atoms with Gasteiger partial charge in [0.2, 0.25) is 0 Å². The lowest BCUT2D eigenvalue weighted by atomic mass is 10.1. The van der Waals surface area contributed by atoms with Crippen molar-refractivity contribution in [2.75, 3.05) is 24.9 Å². The minimum Gasteiger partial charge on any atom is -0.493 e. The van der Waals surface area contributed by atoms with E-state index in [-0.39, 0.29) is 0 Å². The Morgan fingerprint density at radius 2 is 1.97 bits per heavy atom. The molecule has 5 rings (SSSR count). The summed E-state index contributed by atoms with van der Waals surface area (Å²) in [5.41, 5.74) is 3.17. The number of imidazole rings is 1. The van der Waals surface area contributed by atoms with E-state index >= 15 is 0 Å². The SMILES string of the molecule is COc1cc2nc3c(Nc4ccc(Sc5nccn5C)c(Cl)c4)c(C#N)ccc3cc2cc1OCCCl. The molecule has 3 aromatic carbocycles. The van der Waals surface area contributed by atoms with Gasteiger partial charge in [0.25, 0.3) is 0 Å². The van der Waals surface area contributed by atoms with Crippen molar-refractivity contribution in [3.8, 4) is 17.6 Å². The summed E-state index contributed by atoms with van der Waals surface area (Å²) in [6.45, 7) is 0.367. The van der Waals surface area contributed by atoms with E-state index in [4.69, 9.17) is 37.7 Å². The van der Waals surface area contributed by atoms with Gasteiger partial charge in [0.05, 0.1) is 40.3 Å². The van der Waals surface area contributed by atoms with Gasteiger partial charge in [-0.2, -0.15) is 5.26 Å². The van der Waals surface area contributed by atoms with Gasteiger partial charge in [-0.3, -0.25) is 0 Å². The summed E-state index contributed by atoms with van der Waals surface area (Å²) in [5, 5.41) is 16.4.